The van der Waals surface area contributed by atoms with Crippen LogP contribution in [-0.2, 0) is 17.6 Å². The smallest absolute Gasteiger partial charge is 0.237 e. The normalized spacial score (nSPS) is 16.0. The van der Waals surface area contributed by atoms with Crippen LogP contribution in [0.4, 0.5) is 0 Å². The number of fused-ring (bicyclic) bond motifs is 1. The van der Waals surface area contributed by atoms with Gasteiger partial charge in [0.05, 0.1) is 20.3 Å². The number of rotatable bonds is 6. The number of methoxy groups -OCH3 is 2. The van der Waals surface area contributed by atoms with E-state index in [2.05, 4.69) is 28.9 Å². The van der Waals surface area contributed by atoms with Gasteiger partial charge >= 0.3 is 0 Å². The van der Waals surface area contributed by atoms with Gasteiger partial charge in [0.15, 0.2) is 11.5 Å². The highest BCUT2D eigenvalue weighted by Gasteiger charge is 2.24. The van der Waals surface area contributed by atoms with Crippen LogP contribution in [0.2, 0.25) is 0 Å². The van der Waals surface area contributed by atoms with Gasteiger partial charge in [-0.1, -0.05) is 6.08 Å². The molecule has 0 bridgehead atoms. The number of carbonyl (C=O) groups excluding carboxylic acids is 1. The fraction of sp³-hybridized carbons (Fsp3) is 0.500. The molecule has 0 saturated carbocycles. The maximum Gasteiger partial charge on any atom is 0.237 e. The van der Waals surface area contributed by atoms with Gasteiger partial charge in [-0.25, -0.2) is 0 Å². The van der Waals surface area contributed by atoms with Gasteiger partial charge < -0.3 is 14.8 Å². The molecule has 2 rings (SSSR count). The molecule has 1 heterocycles. The van der Waals surface area contributed by atoms with E-state index in [9.17, 15) is 4.79 Å². The van der Waals surface area contributed by atoms with Crippen molar-refractivity contribution in [3.05, 3.63) is 35.9 Å². The SMILES string of the molecule is C=CCNC(=O)C(C)N1CCc2cc(OC)c(OC)cc2CC1. The number of nitrogens with one attached hydrogen (secondary N) is 1. The Kier molecular flexibility index (Phi) is 6.04. The van der Waals surface area contributed by atoms with Gasteiger partial charge in [-0.2, -0.15) is 0 Å². The highest BCUT2D eigenvalue weighted by Crippen LogP contribution is 2.32. The van der Waals surface area contributed by atoms with Gasteiger partial charge in [0.1, 0.15) is 0 Å². The number of hydrogen-bond donors (Lipinski definition) is 1. The molecule has 1 N–H and O–H groups in total. The minimum absolute atomic E-state index is 0.0472. The van der Waals surface area contributed by atoms with Crippen molar-refractivity contribution in [3.8, 4) is 11.5 Å². The topological polar surface area (TPSA) is 50.8 Å². The van der Waals surface area contributed by atoms with Crippen molar-refractivity contribution in [3.63, 3.8) is 0 Å². The molecule has 1 aliphatic rings. The van der Waals surface area contributed by atoms with E-state index < -0.39 is 0 Å². The summed E-state index contributed by atoms with van der Waals surface area (Å²) in [5, 5.41) is 2.87. The van der Waals surface area contributed by atoms with Crippen molar-refractivity contribution >= 4 is 5.91 Å². The molecule has 0 spiro atoms. The Bertz CT molecular complexity index is 537. The third kappa shape index (κ3) is 4.05. The van der Waals surface area contributed by atoms with Crippen LogP contribution in [0.1, 0.15) is 18.1 Å². The molecule has 126 valence electrons. The van der Waals surface area contributed by atoms with E-state index in [1.807, 2.05) is 6.92 Å². The average Bonchev–Trinajstić information content (AvgIpc) is 2.79. The largest absolute Gasteiger partial charge is 0.493 e. The molecule has 1 amide bonds. The molecule has 0 radical (unpaired) electrons. The minimum Gasteiger partial charge on any atom is -0.493 e. The maximum atomic E-state index is 12.1. The van der Waals surface area contributed by atoms with Gasteiger partial charge in [0, 0.05) is 19.6 Å². The number of ether oxygens (including phenoxy) is 2. The van der Waals surface area contributed by atoms with Gasteiger partial charge in [-0.05, 0) is 43.0 Å². The summed E-state index contributed by atoms with van der Waals surface area (Å²) in [5.41, 5.74) is 2.53. The Labute approximate surface area is 138 Å². The Morgan fingerprint density at radius 3 is 2.22 bits per heavy atom. The Morgan fingerprint density at radius 2 is 1.78 bits per heavy atom. The predicted octanol–water partition coefficient (Wildman–Crippen LogP) is 1.80. The second kappa shape index (κ2) is 8.02. The summed E-state index contributed by atoms with van der Waals surface area (Å²) >= 11 is 0. The molecule has 0 saturated heterocycles. The Morgan fingerprint density at radius 1 is 1.26 bits per heavy atom. The third-order valence-corrected chi connectivity index (χ3v) is 4.39. The van der Waals surface area contributed by atoms with Gasteiger partial charge in [0.2, 0.25) is 5.91 Å². The quantitative estimate of drug-likeness (QED) is 0.813. The molecular weight excluding hydrogens is 292 g/mol. The standard InChI is InChI=1S/C18H26N2O3/c1-5-8-19-18(21)13(2)20-9-6-14-11-16(22-3)17(23-4)12-15(14)7-10-20/h5,11-13H,1,6-10H2,2-4H3,(H,19,21). The zero-order valence-electron chi connectivity index (χ0n) is 14.2. The predicted molar refractivity (Wildman–Crippen MR) is 91.2 cm³/mol. The lowest BCUT2D eigenvalue weighted by Crippen LogP contribution is -2.46. The molecule has 1 unspecified atom stereocenters. The second-order valence-corrected chi connectivity index (χ2v) is 5.72. The summed E-state index contributed by atoms with van der Waals surface area (Å²) in [5.74, 6) is 1.57. The second-order valence-electron chi connectivity index (χ2n) is 5.72. The number of benzene rings is 1. The molecule has 1 aromatic rings. The van der Waals surface area contributed by atoms with Crippen molar-refractivity contribution < 1.29 is 14.3 Å². The molecule has 0 fully saturated rings. The molecule has 1 aliphatic heterocycles. The van der Waals surface area contributed by atoms with Crippen LogP contribution in [0.5, 0.6) is 11.5 Å². The van der Waals surface area contributed by atoms with Crippen LogP contribution in [0, 0.1) is 0 Å². The average molecular weight is 318 g/mol. The van der Waals surface area contributed by atoms with Crippen molar-refractivity contribution in [1.29, 1.82) is 0 Å². The molecule has 5 heteroatoms. The monoisotopic (exact) mass is 318 g/mol. The third-order valence-electron chi connectivity index (χ3n) is 4.39. The summed E-state index contributed by atoms with van der Waals surface area (Å²) in [7, 11) is 3.30. The summed E-state index contributed by atoms with van der Waals surface area (Å²) in [6.07, 6.45) is 3.49. The van der Waals surface area contributed by atoms with Gasteiger partial charge in [-0.15, -0.1) is 6.58 Å². The van der Waals surface area contributed by atoms with Gasteiger partial charge in [0.25, 0.3) is 0 Å². The summed E-state index contributed by atoms with van der Waals surface area (Å²) < 4.78 is 10.8. The van der Waals surface area contributed by atoms with Crippen LogP contribution in [0.25, 0.3) is 0 Å². The summed E-state index contributed by atoms with van der Waals surface area (Å²) in [6, 6.07) is 3.97. The molecule has 1 aromatic carbocycles. The Hall–Kier alpha value is -2.01. The number of carbonyl (C=O) groups is 1. The van der Waals surface area contributed by atoms with Crippen molar-refractivity contribution in [1.82, 2.24) is 10.2 Å². The Balaban J connectivity index is 2.10. The molecule has 0 aromatic heterocycles. The van der Waals surface area contributed by atoms with Crippen LogP contribution >= 0.6 is 0 Å². The molecule has 23 heavy (non-hydrogen) atoms. The first-order chi connectivity index (χ1) is 11.1. The fourth-order valence-corrected chi connectivity index (χ4v) is 2.94. The van der Waals surface area contributed by atoms with E-state index in [0.29, 0.717) is 6.54 Å². The van der Waals surface area contributed by atoms with E-state index >= 15 is 0 Å². The number of hydrogen-bond acceptors (Lipinski definition) is 4. The number of amides is 1. The van der Waals surface area contributed by atoms with Crippen LogP contribution in [0.15, 0.2) is 24.8 Å². The highest BCUT2D eigenvalue weighted by molar-refractivity contribution is 5.81. The van der Waals surface area contributed by atoms with Crippen molar-refractivity contribution in [2.24, 2.45) is 0 Å². The van der Waals surface area contributed by atoms with Crippen LogP contribution in [-0.4, -0.2) is 50.7 Å². The zero-order chi connectivity index (χ0) is 16.8. The molecule has 0 aliphatic carbocycles. The van der Waals surface area contributed by atoms with E-state index in [1.54, 1.807) is 20.3 Å². The first-order valence-electron chi connectivity index (χ1n) is 7.97. The zero-order valence-corrected chi connectivity index (χ0v) is 14.2. The molecular formula is C18H26N2O3. The lowest BCUT2D eigenvalue weighted by atomic mass is 10.0. The lowest BCUT2D eigenvalue weighted by Gasteiger charge is -2.26. The lowest BCUT2D eigenvalue weighted by molar-refractivity contribution is -0.125. The minimum atomic E-state index is -0.145. The van der Waals surface area contributed by atoms with E-state index in [1.165, 1.54) is 11.1 Å². The van der Waals surface area contributed by atoms with E-state index in [-0.39, 0.29) is 11.9 Å². The summed E-state index contributed by atoms with van der Waals surface area (Å²) in [4.78, 5) is 14.4. The first kappa shape index (κ1) is 17.3. The molecule has 1 atom stereocenters. The summed E-state index contributed by atoms with van der Waals surface area (Å²) in [6.45, 7) is 7.79. The maximum absolute atomic E-state index is 12.1. The number of nitrogens with zero attached hydrogens (tertiary/aromatic N) is 1. The van der Waals surface area contributed by atoms with E-state index in [4.69, 9.17) is 9.47 Å². The first-order valence-corrected chi connectivity index (χ1v) is 7.97. The van der Waals surface area contributed by atoms with Crippen LogP contribution < -0.4 is 14.8 Å². The van der Waals surface area contributed by atoms with Crippen molar-refractivity contribution in [2.75, 3.05) is 33.9 Å². The van der Waals surface area contributed by atoms with Gasteiger partial charge in [-0.3, -0.25) is 9.69 Å². The fourth-order valence-electron chi connectivity index (χ4n) is 2.94. The molecule has 5 nitrogen and oxygen atoms in total. The highest BCUT2D eigenvalue weighted by atomic mass is 16.5. The van der Waals surface area contributed by atoms with Crippen molar-refractivity contribution in [2.45, 2.75) is 25.8 Å². The van der Waals surface area contributed by atoms with Crippen LogP contribution in [0.3, 0.4) is 0 Å². The van der Waals surface area contributed by atoms with E-state index in [0.717, 1.165) is 37.4 Å².